The molecule has 130 valence electrons. The van der Waals surface area contributed by atoms with Crippen molar-refractivity contribution >= 4 is 34.9 Å². The minimum absolute atomic E-state index is 0.193. The van der Waals surface area contributed by atoms with Gasteiger partial charge < -0.3 is 15.7 Å². The summed E-state index contributed by atoms with van der Waals surface area (Å²) in [6.07, 6.45) is -0.442. The minimum Gasteiger partial charge on any atom is -0.478 e. The third-order valence-corrected chi connectivity index (χ3v) is 3.89. The lowest BCUT2D eigenvalue weighted by Gasteiger charge is -2.20. The van der Waals surface area contributed by atoms with Crippen LogP contribution in [0, 0.1) is 0 Å². The number of hydrogen-bond donors (Lipinski definition) is 6. The molecule has 25 heavy (non-hydrogen) atoms. The van der Waals surface area contributed by atoms with Crippen LogP contribution in [0.2, 0.25) is 5.02 Å². The number of benzene rings is 2. The summed E-state index contributed by atoms with van der Waals surface area (Å²) < 4.78 is 0. The number of carboxylic acid groups (broad SMARTS) is 1. The van der Waals surface area contributed by atoms with Gasteiger partial charge in [0, 0.05) is 16.4 Å². The number of hydrogen-bond acceptors (Lipinski definition) is 6. The molecular weight excluding hydrogens is 346 g/mol. The molecule has 9 heteroatoms. The van der Waals surface area contributed by atoms with E-state index < -0.39 is 18.2 Å². The Kier molecular flexibility index (Phi) is 5.15. The fourth-order valence-corrected chi connectivity index (χ4v) is 2.47. The Morgan fingerprint density at radius 3 is 2.24 bits per heavy atom. The van der Waals surface area contributed by atoms with E-state index in [2.05, 4.69) is 27.0 Å². The fraction of sp³-hybridized carbons (Fsp3) is 0.125. The van der Waals surface area contributed by atoms with E-state index in [0.717, 1.165) is 0 Å². The number of carbonyl (C=O) groups is 2. The predicted octanol–water partition coefficient (Wildman–Crippen LogP) is 1.40. The van der Waals surface area contributed by atoms with E-state index in [1.807, 2.05) is 0 Å². The summed E-state index contributed by atoms with van der Waals surface area (Å²) in [6.45, 7) is 0. The van der Waals surface area contributed by atoms with E-state index in [9.17, 15) is 9.59 Å². The average molecular weight is 362 g/mol. The molecule has 0 aliphatic carbocycles. The lowest BCUT2D eigenvalue weighted by atomic mass is 10.1. The average Bonchev–Trinajstić information content (AvgIpc) is 3.05. The molecule has 1 saturated heterocycles. The third-order valence-electron chi connectivity index (χ3n) is 3.64. The SMILES string of the molecule is O=C(O)c1ccc(NC2NNNC2C(=O)Nc2ccc(Cl)cc2)cc1. The van der Waals surface area contributed by atoms with Gasteiger partial charge in [-0.1, -0.05) is 11.6 Å². The van der Waals surface area contributed by atoms with Gasteiger partial charge in [0.1, 0.15) is 12.2 Å². The molecule has 2 atom stereocenters. The minimum atomic E-state index is -0.992. The van der Waals surface area contributed by atoms with Crippen LogP contribution in [0.25, 0.3) is 0 Å². The molecule has 6 N–H and O–H groups in total. The van der Waals surface area contributed by atoms with E-state index in [-0.39, 0.29) is 11.5 Å². The summed E-state index contributed by atoms with van der Waals surface area (Å²) in [5, 5.41) is 15.4. The van der Waals surface area contributed by atoms with Gasteiger partial charge in [-0.05, 0) is 48.5 Å². The van der Waals surface area contributed by atoms with Crippen molar-refractivity contribution < 1.29 is 14.7 Å². The molecule has 2 aromatic rings. The molecule has 0 radical (unpaired) electrons. The van der Waals surface area contributed by atoms with Gasteiger partial charge in [0.2, 0.25) is 5.91 Å². The van der Waals surface area contributed by atoms with Gasteiger partial charge >= 0.3 is 5.97 Å². The lowest BCUT2D eigenvalue weighted by molar-refractivity contribution is -0.118. The van der Waals surface area contributed by atoms with Crippen LogP contribution < -0.4 is 27.0 Å². The standard InChI is InChI=1S/C16H16ClN5O3/c17-10-3-7-12(8-4-10)19-15(23)13-14(21-22-20-13)18-11-5-1-9(2-6-11)16(24)25/h1-8,13-14,18,20-22H,(H,19,23)(H,24,25). The molecule has 8 nitrogen and oxygen atoms in total. The molecular formula is C16H16ClN5O3. The van der Waals surface area contributed by atoms with Gasteiger partial charge in [-0.2, -0.15) is 5.53 Å². The van der Waals surface area contributed by atoms with Gasteiger partial charge in [-0.15, -0.1) is 0 Å². The van der Waals surface area contributed by atoms with Gasteiger partial charge in [-0.25, -0.2) is 15.6 Å². The number of carboxylic acids is 1. The first kappa shape index (κ1) is 17.2. The topological polar surface area (TPSA) is 115 Å². The van der Waals surface area contributed by atoms with Crippen LogP contribution in [-0.2, 0) is 4.79 Å². The molecule has 1 aliphatic rings. The Balaban J connectivity index is 1.64. The lowest BCUT2D eigenvalue weighted by Crippen LogP contribution is -2.47. The summed E-state index contributed by atoms with van der Waals surface area (Å²) >= 11 is 5.83. The monoisotopic (exact) mass is 361 g/mol. The van der Waals surface area contributed by atoms with Crippen molar-refractivity contribution in [3.63, 3.8) is 0 Å². The number of anilines is 2. The maximum absolute atomic E-state index is 12.4. The Labute approximate surface area is 148 Å². The number of hydrazine groups is 2. The van der Waals surface area contributed by atoms with Crippen LogP contribution >= 0.6 is 11.6 Å². The Hall–Kier alpha value is -2.65. The van der Waals surface area contributed by atoms with Crippen molar-refractivity contribution in [3.05, 3.63) is 59.1 Å². The maximum Gasteiger partial charge on any atom is 0.335 e. The van der Waals surface area contributed by atoms with Crippen molar-refractivity contribution in [2.75, 3.05) is 10.6 Å². The highest BCUT2D eigenvalue weighted by atomic mass is 35.5. The van der Waals surface area contributed by atoms with E-state index in [1.165, 1.54) is 12.1 Å². The summed E-state index contributed by atoms with van der Waals surface area (Å²) in [7, 11) is 0. The highest BCUT2D eigenvalue weighted by Gasteiger charge is 2.32. The number of aromatic carboxylic acids is 1. The molecule has 3 rings (SSSR count). The van der Waals surface area contributed by atoms with E-state index in [1.54, 1.807) is 36.4 Å². The highest BCUT2D eigenvalue weighted by molar-refractivity contribution is 6.30. The second-order valence-electron chi connectivity index (χ2n) is 5.39. The number of carbonyl (C=O) groups excluding carboxylic acids is 1. The zero-order chi connectivity index (χ0) is 17.8. The smallest absolute Gasteiger partial charge is 0.335 e. The first-order valence-corrected chi connectivity index (χ1v) is 7.83. The van der Waals surface area contributed by atoms with Crippen molar-refractivity contribution in [3.8, 4) is 0 Å². The normalized spacial score (nSPS) is 19.4. The van der Waals surface area contributed by atoms with Crippen molar-refractivity contribution in [1.29, 1.82) is 0 Å². The molecule has 0 spiro atoms. The molecule has 0 saturated carbocycles. The molecule has 0 bridgehead atoms. The molecule has 0 aromatic heterocycles. The second kappa shape index (κ2) is 7.49. The van der Waals surface area contributed by atoms with Crippen LogP contribution in [0.1, 0.15) is 10.4 Å². The molecule has 1 aliphatic heterocycles. The van der Waals surface area contributed by atoms with Crippen LogP contribution in [0.3, 0.4) is 0 Å². The van der Waals surface area contributed by atoms with E-state index in [4.69, 9.17) is 16.7 Å². The summed E-state index contributed by atoms with van der Waals surface area (Å²) in [5.41, 5.74) is 9.94. The first-order valence-electron chi connectivity index (χ1n) is 7.45. The summed E-state index contributed by atoms with van der Waals surface area (Å²) in [5.74, 6) is -1.24. The van der Waals surface area contributed by atoms with Gasteiger partial charge in [0.15, 0.2) is 0 Å². The number of amides is 1. The van der Waals surface area contributed by atoms with Crippen LogP contribution in [-0.4, -0.2) is 29.2 Å². The number of nitrogens with one attached hydrogen (secondary N) is 5. The van der Waals surface area contributed by atoms with Crippen molar-refractivity contribution in [1.82, 2.24) is 16.4 Å². The predicted molar refractivity (Wildman–Crippen MR) is 94.1 cm³/mol. The number of rotatable bonds is 5. The van der Waals surface area contributed by atoms with Crippen LogP contribution in [0.5, 0.6) is 0 Å². The largest absolute Gasteiger partial charge is 0.478 e. The van der Waals surface area contributed by atoms with Crippen molar-refractivity contribution in [2.24, 2.45) is 0 Å². The highest BCUT2D eigenvalue weighted by Crippen LogP contribution is 2.15. The second-order valence-corrected chi connectivity index (χ2v) is 5.83. The van der Waals surface area contributed by atoms with E-state index in [0.29, 0.717) is 16.4 Å². The zero-order valence-corrected chi connectivity index (χ0v) is 13.7. The van der Waals surface area contributed by atoms with E-state index >= 15 is 0 Å². The summed E-state index contributed by atoms with van der Waals surface area (Å²) in [4.78, 5) is 23.3. The molecule has 1 heterocycles. The summed E-state index contributed by atoms with van der Waals surface area (Å²) in [6, 6.07) is 12.5. The first-order chi connectivity index (χ1) is 12.0. The zero-order valence-electron chi connectivity index (χ0n) is 12.9. The Morgan fingerprint density at radius 1 is 0.960 bits per heavy atom. The third kappa shape index (κ3) is 4.25. The van der Waals surface area contributed by atoms with Crippen molar-refractivity contribution in [2.45, 2.75) is 12.2 Å². The molecule has 2 unspecified atom stereocenters. The molecule has 2 aromatic carbocycles. The van der Waals surface area contributed by atoms with Crippen LogP contribution in [0.4, 0.5) is 11.4 Å². The van der Waals surface area contributed by atoms with Gasteiger partial charge in [0.25, 0.3) is 0 Å². The van der Waals surface area contributed by atoms with Crippen LogP contribution in [0.15, 0.2) is 48.5 Å². The molecule has 1 fully saturated rings. The Bertz CT molecular complexity index is 766. The van der Waals surface area contributed by atoms with Gasteiger partial charge in [0.05, 0.1) is 5.56 Å². The van der Waals surface area contributed by atoms with Gasteiger partial charge in [-0.3, -0.25) is 4.79 Å². The Morgan fingerprint density at radius 2 is 1.60 bits per heavy atom. The quantitative estimate of drug-likeness (QED) is 0.477. The number of halogens is 1. The fourth-order valence-electron chi connectivity index (χ4n) is 2.34. The molecule has 1 amide bonds. The maximum atomic E-state index is 12.4.